The van der Waals surface area contributed by atoms with E-state index in [0.29, 0.717) is 5.75 Å². The Morgan fingerprint density at radius 1 is 1.00 bits per heavy atom. The predicted octanol–water partition coefficient (Wildman–Crippen LogP) is 4.97. The fraction of sp³-hybridized carbons (Fsp3) is 0.150. The lowest BCUT2D eigenvalue weighted by Crippen LogP contribution is -2.30. The first-order valence-corrected chi connectivity index (χ1v) is 8.99. The summed E-state index contributed by atoms with van der Waals surface area (Å²) in [6.07, 6.45) is 1.40. The van der Waals surface area contributed by atoms with Crippen molar-refractivity contribution in [3.63, 3.8) is 0 Å². The zero-order valence-electron chi connectivity index (χ0n) is 13.7. The van der Waals surface area contributed by atoms with Crippen LogP contribution in [0.3, 0.4) is 0 Å². The minimum Gasteiger partial charge on any atom is -0.481 e. The zero-order chi connectivity index (χ0) is 16.9. The summed E-state index contributed by atoms with van der Waals surface area (Å²) in [6, 6.07) is 21.7. The van der Waals surface area contributed by atoms with Gasteiger partial charge in [-0.1, -0.05) is 42.5 Å². The highest BCUT2D eigenvalue weighted by atomic mass is 32.2. The molecular formula is C20H19NO2S. The van der Waals surface area contributed by atoms with Gasteiger partial charge in [-0.05, 0) is 48.2 Å². The van der Waals surface area contributed by atoms with E-state index in [1.54, 1.807) is 18.7 Å². The van der Waals surface area contributed by atoms with Crippen LogP contribution in [0.15, 0.2) is 71.6 Å². The summed E-state index contributed by atoms with van der Waals surface area (Å²) in [5.74, 6) is 0.527. The number of ether oxygens (including phenoxy) is 1. The monoisotopic (exact) mass is 337 g/mol. The average Bonchev–Trinajstić information content (AvgIpc) is 2.62. The summed E-state index contributed by atoms with van der Waals surface area (Å²) in [5.41, 5.74) is 0.809. The Morgan fingerprint density at radius 3 is 2.50 bits per heavy atom. The molecule has 4 heteroatoms. The smallest absolute Gasteiger partial charge is 0.265 e. The molecule has 0 radical (unpaired) electrons. The summed E-state index contributed by atoms with van der Waals surface area (Å²) in [5, 5.41) is 5.18. The number of carbonyl (C=O) groups is 1. The number of thioether (sulfide) groups is 1. The second kappa shape index (κ2) is 7.41. The summed E-state index contributed by atoms with van der Waals surface area (Å²) in [6.45, 7) is 1.76. The molecular weight excluding hydrogens is 318 g/mol. The Kier molecular flexibility index (Phi) is 5.06. The minimum absolute atomic E-state index is 0.162. The summed E-state index contributed by atoms with van der Waals surface area (Å²) in [4.78, 5) is 13.4. The highest BCUT2D eigenvalue weighted by Crippen LogP contribution is 2.25. The van der Waals surface area contributed by atoms with Crippen LogP contribution in [-0.2, 0) is 4.79 Å². The van der Waals surface area contributed by atoms with E-state index in [1.165, 1.54) is 0 Å². The fourth-order valence-corrected chi connectivity index (χ4v) is 3.03. The average molecular weight is 337 g/mol. The topological polar surface area (TPSA) is 38.3 Å². The van der Waals surface area contributed by atoms with Crippen LogP contribution in [0.4, 0.5) is 5.69 Å². The molecule has 3 aromatic carbocycles. The van der Waals surface area contributed by atoms with Gasteiger partial charge in [0.05, 0.1) is 5.69 Å². The van der Waals surface area contributed by atoms with Gasteiger partial charge in [0.15, 0.2) is 6.10 Å². The van der Waals surface area contributed by atoms with Crippen LogP contribution < -0.4 is 10.1 Å². The third kappa shape index (κ3) is 3.71. The van der Waals surface area contributed by atoms with Gasteiger partial charge < -0.3 is 10.1 Å². The van der Waals surface area contributed by atoms with Gasteiger partial charge in [-0.15, -0.1) is 11.8 Å². The van der Waals surface area contributed by atoms with Gasteiger partial charge >= 0.3 is 0 Å². The Morgan fingerprint density at radius 2 is 1.71 bits per heavy atom. The number of para-hydroxylation sites is 1. The van der Waals surface area contributed by atoms with Crippen molar-refractivity contribution in [2.45, 2.75) is 17.9 Å². The molecule has 0 saturated carbocycles. The predicted molar refractivity (Wildman–Crippen MR) is 101 cm³/mol. The van der Waals surface area contributed by atoms with Crippen LogP contribution in [0, 0.1) is 0 Å². The Balaban J connectivity index is 1.71. The van der Waals surface area contributed by atoms with Gasteiger partial charge in [0.25, 0.3) is 5.91 Å². The highest BCUT2D eigenvalue weighted by Gasteiger charge is 2.16. The highest BCUT2D eigenvalue weighted by molar-refractivity contribution is 7.98. The van der Waals surface area contributed by atoms with Crippen LogP contribution in [0.5, 0.6) is 5.75 Å². The Labute approximate surface area is 146 Å². The van der Waals surface area contributed by atoms with E-state index in [9.17, 15) is 4.79 Å². The molecule has 0 heterocycles. The third-order valence-electron chi connectivity index (χ3n) is 3.77. The third-order valence-corrected chi connectivity index (χ3v) is 4.56. The number of amides is 1. The van der Waals surface area contributed by atoms with Gasteiger partial charge in [-0.25, -0.2) is 0 Å². The largest absolute Gasteiger partial charge is 0.481 e. The lowest BCUT2D eigenvalue weighted by atomic mass is 10.1. The first-order valence-electron chi connectivity index (χ1n) is 7.77. The van der Waals surface area contributed by atoms with Crippen molar-refractivity contribution in [2.24, 2.45) is 0 Å². The van der Waals surface area contributed by atoms with Gasteiger partial charge in [-0.3, -0.25) is 4.79 Å². The first-order chi connectivity index (χ1) is 11.7. The molecule has 0 aliphatic carbocycles. The number of nitrogens with one attached hydrogen (secondary N) is 1. The van der Waals surface area contributed by atoms with Crippen molar-refractivity contribution < 1.29 is 9.53 Å². The van der Waals surface area contributed by atoms with Gasteiger partial charge in [0, 0.05) is 4.90 Å². The lowest BCUT2D eigenvalue weighted by molar-refractivity contribution is -0.122. The van der Waals surface area contributed by atoms with Crippen molar-refractivity contribution in [2.75, 3.05) is 11.6 Å². The Bertz CT molecular complexity index is 863. The zero-order valence-corrected chi connectivity index (χ0v) is 14.5. The first kappa shape index (κ1) is 16.4. The van der Waals surface area contributed by atoms with E-state index >= 15 is 0 Å². The van der Waals surface area contributed by atoms with E-state index in [2.05, 4.69) is 11.4 Å². The van der Waals surface area contributed by atoms with Crippen molar-refractivity contribution in [3.8, 4) is 5.75 Å². The maximum atomic E-state index is 12.4. The van der Waals surface area contributed by atoms with Crippen LogP contribution in [-0.4, -0.2) is 18.3 Å². The molecule has 0 aliphatic heterocycles. The molecule has 1 atom stereocenters. The van der Waals surface area contributed by atoms with Gasteiger partial charge in [-0.2, -0.15) is 0 Å². The molecule has 0 saturated heterocycles. The van der Waals surface area contributed by atoms with Gasteiger partial charge in [0.2, 0.25) is 0 Å². The number of rotatable bonds is 5. The number of hydrogen-bond acceptors (Lipinski definition) is 3. The van der Waals surface area contributed by atoms with Crippen LogP contribution in [0.1, 0.15) is 6.92 Å². The van der Waals surface area contributed by atoms with Crippen LogP contribution in [0.25, 0.3) is 10.8 Å². The lowest BCUT2D eigenvalue weighted by Gasteiger charge is -2.16. The van der Waals surface area contributed by atoms with Gasteiger partial charge in [0.1, 0.15) is 5.75 Å². The molecule has 24 heavy (non-hydrogen) atoms. The molecule has 0 unspecified atom stereocenters. The molecule has 0 aromatic heterocycles. The summed E-state index contributed by atoms with van der Waals surface area (Å²) >= 11 is 1.60. The molecule has 122 valence electrons. The second-order valence-electron chi connectivity index (χ2n) is 5.46. The van der Waals surface area contributed by atoms with Crippen molar-refractivity contribution >= 4 is 34.1 Å². The molecule has 0 aliphatic rings. The maximum Gasteiger partial charge on any atom is 0.265 e. The SMILES string of the molecule is CSc1ccccc1NC(=O)[C@H](C)Oc1ccc2ccccc2c1. The van der Waals surface area contributed by atoms with Crippen molar-refractivity contribution in [3.05, 3.63) is 66.7 Å². The molecule has 3 rings (SSSR count). The van der Waals surface area contributed by atoms with Crippen LogP contribution >= 0.6 is 11.8 Å². The standard InChI is InChI=1S/C20H19NO2S/c1-14(20(22)21-18-9-5-6-10-19(18)24-2)23-17-12-11-15-7-3-4-8-16(15)13-17/h3-14H,1-2H3,(H,21,22)/t14-/m0/s1. The van der Waals surface area contributed by atoms with Crippen molar-refractivity contribution in [1.29, 1.82) is 0 Å². The molecule has 3 aromatic rings. The molecule has 0 fully saturated rings. The number of fused-ring (bicyclic) bond motifs is 1. The summed E-state index contributed by atoms with van der Waals surface area (Å²) in [7, 11) is 0. The quantitative estimate of drug-likeness (QED) is 0.668. The summed E-state index contributed by atoms with van der Waals surface area (Å²) < 4.78 is 5.81. The van der Waals surface area contributed by atoms with E-state index in [4.69, 9.17) is 4.74 Å². The molecule has 0 bridgehead atoms. The molecule has 1 N–H and O–H groups in total. The van der Waals surface area contributed by atoms with E-state index in [1.807, 2.05) is 66.9 Å². The van der Waals surface area contributed by atoms with E-state index < -0.39 is 6.10 Å². The number of carbonyl (C=O) groups excluding carboxylic acids is 1. The number of hydrogen-bond donors (Lipinski definition) is 1. The maximum absolute atomic E-state index is 12.4. The second-order valence-corrected chi connectivity index (χ2v) is 6.31. The van der Waals surface area contributed by atoms with Crippen LogP contribution in [0.2, 0.25) is 0 Å². The fourth-order valence-electron chi connectivity index (χ4n) is 2.48. The van der Waals surface area contributed by atoms with E-state index in [-0.39, 0.29) is 5.91 Å². The van der Waals surface area contributed by atoms with E-state index in [0.717, 1.165) is 21.4 Å². The minimum atomic E-state index is -0.582. The molecule has 0 spiro atoms. The molecule has 1 amide bonds. The normalized spacial score (nSPS) is 11.9. The number of anilines is 1. The molecule has 3 nitrogen and oxygen atoms in total. The Hall–Kier alpha value is -2.46. The van der Waals surface area contributed by atoms with Crippen molar-refractivity contribution in [1.82, 2.24) is 0 Å². The number of benzene rings is 3.